The first-order valence-corrected chi connectivity index (χ1v) is 40.0. The molecule has 0 bridgehead atoms. The maximum Gasteiger partial charge on any atom is 0.472 e. The Balaban J connectivity index is 1.73. The van der Waals surface area contributed by atoms with Gasteiger partial charge in [0.2, 0.25) is 0 Å². The van der Waals surface area contributed by atoms with Crippen molar-refractivity contribution >= 4 is 25.7 Å². The molecule has 0 spiro atoms. The maximum absolute atomic E-state index is 14.3. The van der Waals surface area contributed by atoms with Crippen LogP contribution in [0, 0.1) is 0 Å². The number of unbranched alkanes of at least 4 members (excludes halogenated alkanes) is 37. The molecule has 0 amide bonds. The first-order valence-electron chi connectivity index (χ1n) is 38.5. The average molecular weight is 1430 g/mol. The number of aliphatic hydroxyl groups is 10. The predicted octanol–water partition coefficient (Wildman–Crippen LogP) is 10.7. The highest BCUT2D eigenvalue weighted by molar-refractivity contribution is 7.47. The standard InChI is InChI=1S/C73H135O24P/c1-4-7-10-13-16-19-22-25-27-30-33-35-38-41-44-47-57(75)89-51-54(92-59(77)49-46-43-40-37-34-31-28-26-23-20-17-14-11-8-5-2)52-91-98(87,88)97-71-69(95-72-67(85)62(80)60(78)55(50-74)93-72)65(83)64(82)66(84)70(71)96-73-68(86)63(81)61(79)56(94-73)53-90-58(76)48-45-42-39-36-32-29-24-21-18-15-12-9-6-3/h19,22,54-56,60-74,78-86H,4-18,20-21,23-53H2,1-3H3,(H,87,88)/b22-19-. The van der Waals surface area contributed by atoms with E-state index in [-0.39, 0.29) is 19.3 Å². The fourth-order valence-electron chi connectivity index (χ4n) is 12.8. The molecule has 3 aliphatic rings. The van der Waals surface area contributed by atoms with Gasteiger partial charge in [-0.05, 0) is 44.9 Å². The Bertz CT molecular complexity index is 2080. The Kier molecular flexibility index (Phi) is 50.7. The fourth-order valence-corrected chi connectivity index (χ4v) is 13.7. The highest BCUT2D eigenvalue weighted by Gasteiger charge is 2.58. The van der Waals surface area contributed by atoms with Crippen molar-refractivity contribution in [2.24, 2.45) is 0 Å². The fraction of sp³-hybridized carbons (Fsp3) is 0.932. The molecule has 0 aromatic carbocycles. The number of allylic oxidation sites excluding steroid dienone is 2. The van der Waals surface area contributed by atoms with Crippen molar-refractivity contribution in [3.05, 3.63) is 12.2 Å². The van der Waals surface area contributed by atoms with Crippen molar-refractivity contribution < 1.29 is 117 Å². The summed E-state index contributed by atoms with van der Waals surface area (Å²) >= 11 is 0. The van der Waals surface area contributed by atoms with E-state index in [1.165, 1.54) is 128 Å². The molecule has 3 fully saturated rings. The molecule has 1 saturated carbocycles. The normalized spacial score (nSPS) is 27.7. The zero-order valence-corrected chi connectivity index (χ0v) is 61.0. The number of phosphoric ester groups is 1. The number of carbonyl (C=O) groups excluding carboxylic acids is 3. The largest absolute Gasteiger partial charge is 0.472 e. The minimum atomic E-state index is -5.69. The van der Waals surface area contributed by atoms with Gasteiger partial charge in [0.15, 0.2) is 18.7 Å². The number of rotatable bonds is 60. The molecule has 18 atom stereocenters. The zero-order valence-electron chi connectivity index (χ0n) is 60.1. The molecule has 2 heterocycles. The lowest BCUT2D eigenvalue weighted by atomic mass is 9.84. The molecule has 3 rings (SSSR count). The topological polar surface area (TPSA) is 374 Å². The van der Waals surface area contributed by atoms with Gasteiger partial charge in [-0.2, -0.15) is 0 Å². The van der Waals surface area contributed by atoms with E-state index in [4.69, 9.17) is 42.2 Å². The molecule has 0 aromatic rings. The van der Waals surface area contributed by atoms with E-state index < -0.39 is 156 Å². The first-order chi connectivity index (χ1) is 47.3. The maximum atomic E-state index is 14.3. The number of aliphatic hydroxyl groups excluding tert-OH is 10. The Hall–Kier alpha value is -2.30. The van der Waals surface area contributed by atoms with Crippen LogP contribution in [0.15, 0.2) is 12.2 Å². The van der Waals surface area contributed by atoms with E-state index in [2.05, 4.69) is 32.9 Å². The minimum Gasteiger partial charge on any atom is -0.463 e. The van der Waals surface area contributed by atoms with E-state index in [1.54, 1.807) is 0 Å². The summed E-state index contributed by atoms with van der Waals surface area (Å²) in [6, 6.07) is 0. The molecule has 25 heteroatoms. The molecule has 0 aromatic heterocycles. The van der Waals surface area contributed by atoms with Crippen molar-refractivity contribution in [1.29, 1.82) is 0 Å². The van der Waals surface area contributed by atoms with Crippen LogP contribution in [0.3, 0.4) is 0 Å². The molecule has 0 radical (unpaired) electrons. The summed E-state index contributed by atoms with van der Waals surface area (Å²) in [7, 11) is -5.69. The summed E-state index contributed by atoms with van der Waals surface area (Å²) in [6.07, 6.45) is 14.1. The summed E-state index contributed by atoms with van der Waals surface area (Å²) in [4.78, 5) is 51.0. The second kappa shape index (κ2) is 55.2. The van der Waals surface area contributed by atoms with Crippen LogP contribution >= 0.6 is 7.82 Å². The lowest BCUT2D eigenvalue weighted by Crippen LogP contribution is -2.69. The zero-order chi connectivity index (χ0) is 71.8. The van der Waals surface area contributed by atoms with Crippen LogP contribution in [0.4, 0.5) is 0 Å². The SMILES string of the molecule is CCCCCC/C=C\CCCCCCCCCC(=O)OCC(COP(=O)(O)OC1C(OC2OC(CO)C(O)C(O)C2O)C(O)C(O)C(O)C1OC1OC(COC(=O)CCCCCCCCCCCCCCC)C(O)C(O)C1O)OC(=O)CCCCCCCCCCCCCCCCC. The summed E-state index contributed by atoms with van der Waals surface area (Å²) in [5.41, 5.74) is 0. The molecule has 2 aliphatic heterocycles. The lowest BCUT2D eigenvalue weighted by Gasteiger charge is -2.49. The van der Waals surface area contributed by atoms with E-state index in [1.807, 2.05) is 0 Å². The summed E-state index contributed by atoms with van der Waals surface area (Å²) in [5, 5.41) is 110. The molecule has 576 valence electrons. The number of esters is 3. The van der Waals surface area contributed by atoms with Gasteiger partial charge in [0.05, 0.1) is 13.2 Å². The van der Waals surface area contributed by atoms with Gasteiger partial charge >= 0.3 is 25.7 Å². The van der Waals surface area contributed by atoms with Gasteiger partial charge in [-0.1, -0.05) is 251 Å². The summed E-state index contributed by atoms with van der Waals surface area (Å²) in [6.45, 7) is 3.45. The van der Waals surface area contributed by atoms with Crippen molar-refractivity contribution in [2.45, 2.75) is 407 Å². The molecular weight excluding hydrogens is 1290 g/mol. The molecule has 11 N–H and O–H groups in total. The molecule has 24 nitrogen and oxygen atoms in total. The monoisotopic (exact) mass is 1430 g/mol. The Morgan fingerprint density at radius 2 is 0.714 bits per heavy atom. The third-order valence-corrected chi connectivity index (χ3v) is 20.0. The molecule has 1 aliphatic carbocycles. The number of phosphoric acid groups is 1. The molecular formula is C73H135O24P. The number of ether oxygens (including phenoxy) is 7. The van der Waals surface area contributed by atoms with Gasteiger partial charge < -0.3 is 89.1 Å². The second-order valence-electron chi connectivity index (χ2n) is 27.7. The van der Waals surface area contributed by atoms with Crippen molar-refractivity contribution in [1.82, 2.24) is 0 Å². The number of hydrogen-bond acceptors (Lipinski definition) is 23. The van der Waals surface area contributed by atoms with Crippen molar-refractivity contribution in [2.75, 3.05) is 26.4 Å². The number of carbonyl (C=O) groups is 3. The van der Waals surface area contributed by atoms with Crippen LogP contribution < -0.4 is 0 Å². The van der Waals surface area contributed by atoms with Crippen LogP contribution in [0.1, 0.15) is 303 Å². The third-order valence-electron chi connectivity index (χ3n) is 19.0. The molecule has 18 unspecified atom stereocenters. The average Bonchev–Trinajstić information content (AvgIpc) is 0.763. The van der Waals surface area contributed by atoms with Gasteiger partial charge in [-0.3, -0.25) is 23.4 Å². The van der Waals surface area contributed by atoms with Crippen molar-refractivity contribution in [3.63, 3.8) is 0 Å². The highest BCUT2D eigenvalue weighted by atomic mass is 31.2. The van der Waals surface area contributed by atoms with Crippen LogP contribution in [0.5, 0.6) is 0 Å². The summed E-state index contributed by atoms with van der Waals surface area (Å²) < 4.78 is 65.1. The first kappa shape index (κ1) is 89.9. The van der Waals surface area contributed by atoms with Gasteiger partial charge in [0.25, 0.3) is 0 Å². The Morgan fingerprint density at radius 1 is 0.388 bits per heavy atom. The van der Waals surface area contributed by atoms with E-state index in [0.29, 0.717) is 19.3 Å². The number of hydrogen-bond donors (Lipinski definition) is 11. The van der Waals surface area contributed by atoms with E-state index in [9.17, 15) is 74.9 Å². The van der Waals surface area contributed by atoms with Gasteiger partial charge in [-0.25, -0.2) is 4.57 Å². The quantitative estimate of drug-likeness (QED) is 0.00886. The smallest absolute Gasteiger partial charge is 0.463 e. The van der Waals surface area contributed by atoms with E-state index >= 15 is 0 Å². The highest BCUT2D eigenvalue weighted by Crippen LogP contribution is 2.49. The van der Waals surface area contributed by atoms with Crippen LogP contribution in [0.2, 0.25) is 0 Å². The minimum absolute atomic E-state index is 0.0323. The van der Waals surface area contributed by atoms with Gasteiger partial charge in [-0.15, -0.1) is 0 Å². The molecule has 2 saturated heterocycles. The van der Waals surface area contributed by atoms with Gasteiger partial charge in [0, 0.05) is 19.3 Å². The predicted molar refractivity (Wildman–Crippen MR) is 370 cm³/mol. The van der Waals surface area contributed by atoms with E-state index in [0.717, 1.165) is 116 Å². The Morgan fingerprint density at radius 3 is 1.11 bits per heavy atom. The molecule has 98 heavy (non-hydrogen) atoms. The van der Waals surface area contributed by atoms with Gasteiger partial charge in [0.1, 0.15) is 98.7 Å². The Labute approximate surface area is 586 Å². The lowest BCUT2D eigenvalue weighted by molar-refractivity contribution is -0.360. The van der Waals surface area contributed by atoms with Crippen LogP contribution in [-0.2, 0) is 61.2 Å². The third kappa shape index (κ3) is 37.9. The van der Waals surface area contributed by atoms with Crippen molar-refractivity contribution in [3.8, 4) is 0 Å². The van der Waals surface area contributed by atoms with Crippen LogP contribution in [-0.4, -0.2) is 204 Å². The van der Waals surface area contributed by atoms with Crippen LogP contribution in [0.25, 0.3) is 0 Å². The second-order valence-corrected chi connectivity index (χ2v) is 29.1. The summed E-state index contributed by atoms with van der Waals surface area (Å²) in [5.74, 6) is -1.98.